The Balaban J connectivity index is 4.14. The highest BCUT2D eigenvalue weighted by Gasteiger charge is 2.27. The fourth-order valence-electron chi connectivity index (χ4n) is 1.13. The molecule has 12 heavy (non-hydrogen) atoms. The van der Waals surface area contributed by atoms with E-state index in [2.05, 4.69) is 39.9 Å². The van der Waals surface area contributed by atoms with E-state index in [0.29, 0.717) is 18.5 Å². The molecule has 3 N–H and O–H groups in total. The lowest BCUT2D eigenvalue weighted by Gasteiger charge is -2.36. The van der Waals surface area contributed by atoms with E-state index in [1.807, 2.05) is 0 Å². The summed E-state index contributed by atoms with van der Waals surface area (Å²) in [6, 6.07) is 0.556. The summed E-state index contributed by atoms with van der Waals surface area (Å²) < 4.78 is 0. The number of hydrogen-bond donors (Lipinski definition) is 2. The zero-order chi connectivity index (χ0) is 9.78. The van der Waals surface area contributed by atoms with E-state index in [9.17, 15) is 0 Å². The van der Waals surface area contributed by atoms with Gasteiger partial charge in [0.25, 0.3) is 0 Å². The van der Waals surface area contributed by atoms with E-state index in [1.54, 1.807) is 0 Å². The van der Waals surface area contributed by atoms with Gasteiger partial charge in [-0.15, -0.1) is 0 Å². The Morgan fingerprint density at radius 3 is 2.08 bits per heavy atom. The molecule has 2 unspecified atom stereocenters. The summed E-state index contributed by atoms with van der Waals surface area (Å²) in [5.41, 5.74) is 5.84. The van der Waals surface area contributed by atoms with Crippen LogP contribution in [0.3, 0.4) is 0 Å². The molecule has 0 aromatic carbocycles. The minimum absolute atomic E-state index is 0.0927. The van der Waals surface area contributed by atoms with Crippen LogP contribution in [-0.2, 0) is 0 Å². The number of rotatable bonds is 5. The SMILES string of the molecule is CCC(C)NC(C)(CN)C(C)C. The van der Waals surface area contributed by atoms with Crippen LogP contribution in [0.1, 0.15) is 41.0 Å². The van der Waals surface area contributed by atoms with E-state index in [0.717, 1.165) is 6.42 Å². The summed E-state index contributed by atoms with van der Waals surface area (Å²) in [5, 5.41) is 3.57. The second kappa shape index (κ2) is 4.83. The molecule has 0 radical (unpaired) electrons. The van der Waals surface area contributed by atoms with Gasteiger partial charge in [-0.25, -0.2) is 0 Å². The van der Waals surface area contributed by atoms with E-state index < -0.39 is 0 Å². The molecule has 0 aliphatic carbocycles. The highest BCUT2D eigenvalue weighted by molar-refractivity contribution is 4.88. The van der Waals surface area contributed by atoms with Crippen LogP contribution in [0.25, 0.3) is 0 Å². The average Bonchev–Trinajstić information content (AvgIpc) is 2.03. The van der Waals surface area contributed by atoms with Crippen LogP contribution in [0.5, 0.6) is 0 Å². The second-order valence-corrected chi connectivity index (χ2v) is 4.23. The molecular weight excluding hydrogens is 148 g/mol. The van der Waals surface area contributed by atoms with Gasteiger partial charge < -0.3 is 11.1 Å². The molecule has 0 aromatic rings. The molecule has 0 aliphatic rings. The van der Waals surface area contributed by atoms with Crippen LogP contribution in [0, 0.1) is 5.92 Å². The van der Waals surface area contributed by atoms with Gasteiger partial charge in [-0.3, -0.25) is 0 Å². The Morgan fingerprint density at radius 2 is 1.83 bits per heavy atom. The van der Waals surface area contributed by atoms with Crippen molar-refractivity contribution in [3.05, 3.63) is 0 Å². The topological polar surface area (TPSA) is 38.0 Å². The molecule has 74 valence electrons. The van der Waals surface area contributed by atoms with Gasteiger partial charge in [0.2, 0.25) is 0 Å². The minimum atomic E-state index is 0.0927. The molecule has 0 saturated heterocycles. The largest absolute Gasteiger partial charge is 0.329 e. The third-order valence-corrected chi connectivity index (χ3v) is 2.89. The number of nitrogens with one attached hydrogen (secondary N) is 1. The molecule has 2 nitrogen and oxygen atoms in total. The smallest absolute Gasteiger partial charge is 0.0301 e. The van der Waals surface area contributed by atoms with Crippen LogP contribution in [0.15, 0.2) is 0 Å². The summed E-state index contributed by atoms with van der Waals surface area (Å²) >= 11 is 0. The first kappa shape index (κ1) is 11.9. The summed E-state index contributed by atoms with van der Waals surface area (Å²) in [7, 11) is 0. The predicted octanol–water partition coefficient (Wildman–Crippen LogP) is 1.75. The van der Waals surface area contributed by atoms with Crippen LogP contribution < -0.4 is 11.1 Å². The van der Waals surface area contributed by atoms with E-state index >= 15 is 0 Å². The highest BCUT2D eigenvalue weighted by Crippen LogP contribution is 2.15. The maximum absolute atomic E-state index is 5.75. The molecule has 2 heteroatoms. The second-order valence-electron chi connectivity index (χ2n) is 4.23. The highest BCUT2D eigenvalue weighted by atomic mass is 15.0. The van der Waals surface area contributed by atoms with Crippen molar-refractivity contribution in [3.63, 3.8) is 0 Å². The van der Waals surface area contributed by atoms with Crippen LogP contribution in [0.4, 0.5) is 0 Å². The maximum Gasteiger partial charge on any atom is 0.0301 e. The van der Waals surface area contributed by atoms with Crippen LogP contribution >= 0.6 is 0 Å². The first-order valence-electron chi connectivity index (χ1n) is 4.94. The molecule has 0 rings (SSSR count). The van der Waals surface area contributed by atoms with Gasteiger partial charge in [-0.05, 0) is 26.2 Å². The molecule has 0 saturated carbocycles. The van der Waals surface area contributed by atoms with Gasteiger partial charge in [-0.2, -0.15) is 0 Å². The van der Waals surface area contributed by atoms with Crippen molar-refractivity contribution in [2.45, 2.75) is 52.6 Å². The maximum atomic E-state index is 5.75. The molecule has 2 atom stereocenters. The minimum Gasteiger partial charge on any atom is -0.329 e. The van der Waals surface area contributed by atoms with E-state index in [1.165, 1.54) is 0 Å². The zero-order valence-corrected chi connectivity index (χ0v) is 9.15. The van der Waals surface area contributed by atoms with Crippen molar-refractivity contribution < 1.29 is 0 Å². The van der Waals surface area contributed by atoms with Gasteiger partial charge in [0.1, 0.15) is 0 Å². The monoisotopic (exact) mass is 172 g/mol. The molecule has 0 amide bonds. The summed E-state index contributed by atoms with van der Waals surface area (Å²) in [6.45, 7) is 11.7. The average molecular weight is 172 g/mol. The van der Waals surface area contributed by atoms with Gasteiger partial charge in [-0.1, -0.05) is 20.8 Å². The Kier molecular flexibility index (Phi) is 4.80. The fraction of sp³-hybridized carbons (Fsp3) is 1.00. The number of hydrogen-bond acceptors (Lipinski definition) is 2. The lowest BCUT2D eigenvalue weighted by atomic mass is 9.87. The molecule has 0 bridgehead atoms. The molecule has 0 fully saturated rings. The molecule has 0 spiro atoms. The third kappa shape index (κ3) is 3.11. The summed E-state index contributed by atoms with van der Waals surface area (Å²) in [4.78, 5) is 0. The van der Waals surface area contributed by atoms with Crippen molar-refractivity contribution in [1.82, 2.24) is 5.32 Å². The van der Waals surface area contributed by atoms with Gasteiger partial charge in [0.15, 0.2) is 0 Å². The van der Waals surface area contributed by atoms with Gasteiger partial charge in [0, 0.05) is 18.1 Å². The molecular formula is C10H24N2. The zero-order valence-electron chi connectivity index (χ0n) is 9.15. The van der Waals surface area contributed by atoms with Crippen molar-refractivity contribution in [1.29, 1.82) is 0 Å². The van der Waals surface area contributed by atoms with Crippen molar-refractivity contribution in [2.75, 3.05) is 6.54 Å². The lowest BCUT2D eigenvalue weighted by molar-refractivity contribution is 0.241. The lowest BCUT2D eigenvalue weighted by Crippen LogP contribution is -2.55. The van der Waals surface area contributed by atoms with Gasteiger partial charge >= 0.3 is 0 Å². The fourth-order valence-corrected chi connectivity index (χ4v) is 1.13. The van der Waals surface area contributed by atoms with E-state index in [4.69, 9.17) is 5.73 Å². The molecule has 0 heterocycles. The van der Waals surface area contributed by atoms with Crippen LogP contribution in [0.2, 0.25) is 0 Å². The van der Waals surface area contributed by atoms with Crippen molar-refractivity contribution in [2.24, 2.45) is 11.7 Å². The van der Waals surface area contributed by atoms with Crippen molar-refractivity contribution in [3.8, 4) is 0 Å². The van der Waals surface area contributed by atoms with Crippen LogP contribution in [-0.4, -0.2) is 18.1 Å². The Labute approximate surface area is 76.9 Å². The van der Waals surface area contributed by atoms with Gasteiger partial charge in [0.05, 0.1) is 0 Å². The normalized spacial score (nSPS) is 19.2. The van der Waals surface area contributed by atoms with Crippen molar-refractivity contribution >= 4 is 0 Å². The predicted molar refractivity (Wildman–Crippen MR) is 55.2 cm³/mol. The third-order valence-electron chi connectivity index (χ3n) is 2.89. The Morgan fingerprint density at radius 1 is 1.33 bits per heavy atom. The summed E-state index contributed by atoms with van der Waals surface area (Å²) in [5.74, 6) is 0.580. The quantitative estimate of drug-likeness (QED) is 0.663. The standard InChI is InChI=1S/C10H24N2/c1-6-9(4)12-10(5,7-11)8(2)3/h8-9,12H,6-7,11H2,1-5H3. The summed E-state index contributed by atoms with van der Waals surface area (Å²) in [6.07, 6.45) is 1.16. The molecule has 0 aliphatic heterocycles. The number of nitrogens with two attached hydrogens (primary N) is 1. The first-order valence-corrected chi connectivity index (χ1v) is 4.94. The molecule has 0 aromatic heterocycles. The Hall–Kier alpha value is -0.0800. The first-order chi connectivity index (χ1) is 5.46. The Bertz CT molecular complexity index is 123. The van der Waals surface area contributed by atoms with E-state index in [-0.39, 0.29) is 5.54 Å².